The van der Waals surface area contributed by atoms with Crippen molar-refractivity contribution in [2.45, 2.75) is 194 Å². The smallest absolute Gasteiger partial charge is 0.316 e. The van der Waals surface area contributed by atoms with Crippen LogP contribution in [0.15, 0.2) is 12.2 Å². The number of nitrogens with one attached hydrogen (secondary N) is 1. The minimum atomic E-state index is -0.275. The molecule has 1 N–H and O–H groups in total. The second-order valence-corrected chi connectivity index (χ2v) is 13.5. The summed E-state index contributed by atoms with van der Waals surface area (Å²) >= 11 is 1.67. The van der Waals surface area contributed by atoms with Crippen LogP contribution in [0.4, 0.5) is 0 Å². The van der Waals surface area contributed by atoms with E-state index in [0.717, 1.165) is 18.6 Å². The molecule has 1 unspecified atom stereocenters. The Balaban J connectivity index is 3.43. The van der Waals surface area contributed by atoms with Gasteiger partial charge >= 0.3 is 5.97 Å². The molecule has 0 saturated heterocycles. The van der Waals surface area contributed by atoms with Crippen molar-refractivity contribution in [3.63, 3.8) is 0 Å². The Morgan fingerprint density at radius 3 is 1.55 bits per heavy atom. The Bertz CT molecular complexity index is 610. The lowest BCUT2D eigenvalue weighted by Crippen LogP contribution is -2.33. The van der Waals surface area contributed by atoms with Gasteiger partial charge in [-0.25, -0.2) is 0 Å². The first-order valence-corrected chi connectivity index (χ1v) is 19.4. The van der Waals surface area contributed by atoms with Gasteiger partial charge in [-0.2, -0.15) is 11.8 Å². The molecule has 0 aliphatic heterocycles. The van der Waals surface area contributed by atoms with E-state index < -0.39 is 0 Å². The van der Waals surface area contributed by atoms with Gasteiger partial charge in [0.05, 0.1) is 12.3 Å². The van der Waals surface area contributed by atoms with E-state index in [1.165, 1.54) is 148 Å². The van der Waals surface area contributed by atoms with Crippen molar-refractivity contribution >= 4 is 23.6 Å². The molecule has 248 valence electrons. The molecular formula is C37H71NO3S. The lowest BCUT2D eigenvalue weighted by atomic mass is 10.1. The number of hydrogen-bond acceptors (Lipinski definition) is 4. The van der Waals surface area contributed by atoms with Crippen LogP contribution in [0.5, 0.6) is 0 Å². The Morgan fingerprint density at radius 1 is 0.619 bits per heavy atom. The van der Waals surface area contributed by atoms with Gasteiger partial charge < -0.3 is 10.1 Å². The number of carbonyl (C=O) groups is 2. The first kappa shape index (κ1) is 41.0. The van der Waals surface area contributed by atoms with E-state index in [1.54, 1.807) is 11.8 Å². The van der Waals surface area contributed by atoms with Crippen molar-refractivity contribution < 1.29 is 14.3 Å². The van der Waals surface area contributed by atoms with Crippen molar-refractivity contribution in [1.29, 1.82) is 0 Å². The van der Waals surface area contributed by atoms with Gasteiger partial charge in [0.25, 0.3) is 0 Å². The number of ether oxygens (including phenoxy) is 1. The topological polar surface area (TPSA) is 55.4 Å². The normalized spacial score (nSPS) is 12.2. The lowest BCUT2D eigenvalue weighted by molar-refractivity contribution is -0.145. The van der Waals surface area contributed by atoms with Crippen LogP contribution in [0.2, 0.25) is 0 Å². The summed E-state index contributed by atoms with van der Waals surface area (Å²) in [6.45, 7) is 6.80. The molecule has 0 saturated carbocycles. The predicted molar refractivity (Wildman–Crippen MR) is 186 cm³/mol. The molecule has 42 heavy (non-hydrogen) atoms. The highest BCUT2D eigenvalue weighted by Crippen LogP contribution is 2.14. The van der Waals surface area contributed by atoms with E-state index in [0.29, 0.717) is 18.7 Å². The summed E-state index contributed by atoms with van der Waals surface area (Å²) < 4.78 is 5.47. The van der Waals surface area contributed by atoms with Crippen LogP contribution in [-0.4, -0.2) is 36.0 Å². The molecule has 1 amide bonds. The van der Waals surface area contributed by atoms with Gasteiger partial charge in [0, 0.05) is 6.42 Å². The van der Waals surface area contributed by atoms with Crippen molar-refractivity contribution in [3.05, 3.63) is 12.2 Å². The number of thioether (sulfide) groups is 1. The van der Waals surface area contributed by atoms with Crippen molar-refractivity contribution in [2.75, 3.05) is 18.1 Å². The van der Waals surface area contributed by atoms with Crippen LogP contribution in [-0.2, 0) is 14.3 Å². The summed E-state index contributed by atoms with van der Waals surface area (Å²) in [5.41, 5.74) is 0. The van der Waals surface area contributed by atoms with Gasteiger partial charge in [-0.05, 0) is 51.2 Å². The molecule has 0 radical (unpaired) electrons. The molecule has 0 aromatic heterocycles. The molecule has 0 aliphatic carbocycles. The van der Waals surface area contributed by atoms with Crippen LogP contribution < -0.4 is 5.32 Å². The molecule has 5 heteroatoms. The van der Waals surface area contributed by atoms with E-state index in [4.69, 9.17) is 4.74 Å². The number of amides is 1. The standard InChI is InChI=1S/C37H71NO3S/c1-4-6-8-10-12-14-16-18-19-20-21-23-25-27-29-31-36(39)38-33-35(3)41-37(40)34-42-32-30-28-26-24-22-17-15-13-11-9-7-5-2/h18-19,35H,4-17,20-34H2,1-3H3,(H,38,39)/b19-18-. The minimum absolute atomic E-state index is 0.0666. The summed E-state index contributed by atoms with van der Waals surface area (Å²) in [4.78, 5) is 24.2. The van der Waals surface area contributed by atoms with Crippen molar-refractivity contribution in [2.24, 2.45) is 0 Å². The van der Waals surface area contributed by atoms with Crippen LogP contribution >= 0.6 is 11.8 Å². The molecule has 0 spiro atoms. The second kappa shape index (κ2) is 34.5. The fourth-order valence-corrected chi connectivity index (χ4v) is 5.99. The highest BCUT2D eigenvalue weighted by Gasteiger charge is 2.11. The molecule has 4 nitrogen and oxygen atoms in total. The maximum absolute atomic E-state index is 12.1. The van der Waals surface area contributed by atoms with Crippen LogP contribution in [0.3, 0.4) is 0 Å². The van der Waals surface area contributed by atoms with E-state index in [2.05, 4.69) is 31.3 Å². The Morgan fingerprint density at radius 2 is 1.05 bits per heavy atom. The quantitative estimate of drug-likeness (QED) is 0.0457. The van der Waals surface area contributed by atoms with Crippen LogP contribution in [0, 0.1) is 0 Å². The molecule has 0 rings (SSSR count). The number of esters is 1. The first-order chi connectivity index (χ1) is 20.6. The van der Waals surface area contributed by atoms with Crippen molar-refractivity contribution in [1.82, 2.24) is 5.32 Å². The van der Waals surface area contributed by atoms with E-state index in [9.17, 15) is 9.59 Å². The highest BCUT2D eigenvalue weighted by atomic mass is 32.2. The maximum Gasteiger partial charge on any atom is 0.316 e. The first-order valence-electron chi connectivity index (χ1n) is 18.3. The number of carbonyl (C=O) groups excluding carboxylic acids is 2. The van der Waals surface area contributed by atoms with Crippen molar-refractivity contribution in [3.8, 4) is 0 Å². The molecule has 1 atom stereocenters. The fraction of sp³-hybridized carbons (Fsp3) is 0.892. The summed E-state index contributed by atoms with van der Waals surface area (Å²) in [5, 5.41) is 2.93. The molecule has 0 aliphatic rings. The zero-order valence-corrected chi connectivity index (χ0v) is 29.2. The van der Waals surface area contributed by atoms with Crippen LogP contribution in [0.25, 0.3) is 0 Å². The lowest BCUT2D eigenvalue weighted by Gasteiger charge is -2.14. The van der Waals surface area contributed by atoms with E-state index >= 15 is 0 Å². The van der Waals surface area contributed by atoms with Gasteiger partial charge in [0.2, 0.25) is 5.91 Å². The summed E-state index contributed by atoms with van der Waals surface area (Å²) in [6.07, 6.45) is 37.6. The molecule has 0 fully saturated rings. The molecule has 0 heterocycles. The molecule has 0 bridgehead atoms. The third-order valence-electron chi connectivity index (χ3n) is 7.95. The van der Waals surface area contributed by atoms with Gasteiger partial charge in [-0.1, -0.05) is 148 Å². The van der Waals surface area contributed by atoms with Crippen LogP contribution in [0.1, 0.15) is 188 Å². The van der Waals surface area contributed by atoms with Gasteiger partial charge in [-0.15, -0.1) is 0 Å². The number of rotatable bonds is 33. The average molecular weight is 610 g/mol. The van der Waals surface area contributed by atoms with Gasteiger partial charge in [-0.3, -0.25) is 9.59 Å². The van der Waals surface area contributed by atoms with E-state index in [1.807, 2.05) is 6.92 Å². The second-order valence-electron chi connectivity index (χ2n) is 12.4. The fourth-order valence-electron chi connectivity index (χ4n) is 5.20. The SMILES string of the molecule is CCCCCCCC/C=C\CCCCCCCC(=O)NCC(C)OC(=O)CSCCCCCCCCCCCCCC. The predicted octanol–water partition coefficient (Wildman–Crippen LogP) is 11.5. The summed E-state index contributed by atoms with van der Waals surface area (Å²) in [7, 11) is 0. The molecular weight excluding hydrogens is 538 g/mol. The monoisotopic (exact) mass is 610 g/mol. The van der Waals surface area contributed by atoms with Gasteiger partial charge in [0.1, 0.15) is 6.10 Å². The zero-order chi connectivity index (χ0) is 30.8. The average Bonchev–Trinajstić information content (AvgIpc) is 2.98. The Labute approximate surface area is 266 Å². The highest BCUT2D eigenvalue weighted by molar-refractivity contribution is 7.99. The Kier molecular flexibility index (Phi) is 33.7. The largest absolute Gasteiger partial charge is 0.460 e. The summed E-state index contributed by atoms with van der Waals surface area (Å²) in [6, 6.07) is 0. The van der Waals surface area contributed by atoms with E-state index in [-0.39, 0.29) is 18.0 Å². The zero-order valence-electron chi connectivity index (χ0n) is 28.4. The molecule has 0 aromatic carbocycles. The number of hydrogen-bond donors (Lipinski definition) is 1. The number of unbranched alkanes of at least 4 members (excludes halogenated alkanes) is 22. The Hall–Kier alpha value is -0.970. The summed E-state index contributed by atoms with van der Waals surface area (Å²) in [5.74, 6) is 1.33. The number of allylic oxidation sites excluding steroid dienone is 2. The third kappa shape index (κ3) is 33.5. The minimum Gasteiger partial charge on any atom is -0.460 e. The molecule has 0 aromatic rings. The maximum atomic E-state index is 12.1. The van der Waals surface area contributed by atoms with Gasteiger partial charge in [0.15, 0.2) is 0 Å². The third-order valence-corrected chi connectivity index (χ3v) is 8.96.